The van der Waals surface area contributed by atoms with E-state index >= 15 is 0 Å². The van der Waals surface area contributed by atoms with Gasteiger partial charge in [0.2, 0.25) is 0 Å². The van der Waals surface area contributed by atoms with Crippen molar-refractivity contribution in [3.63, 3.8) is 0 Å². The predicted octanol–water partition coefficient (Wildman–Crippen LogP) is 2.97. The Bertz CT molecular complexity index is 496. The van der Waals surface area contributed by atoms with E-state index in [-0.39, 0.29) is 6.10 Å². The highest BCUT2D eigenvalue weighted by Crippen LogP contribution is 2.35. The first-order valence-electron chi connectivity index (χ1n) is 8.19. The third kappa shape index (κ3) is 4.25. The Kier molecular flexibility index (Phi) is 5.34. The summed E-state index contributed by atoms with van der Waals surface area (Å²) in [4.78, 5) is 25.4. The number of hydrogen-bond acceptors (Lipinski definition) is 4. The van der Waals surface area contributed by atoms with Gasteiger partial charge in [-0.05, 0) is 58.4 Å². The maximum atomic E-state index is 12.3. The molecule has 1 saturated carbocycles. The van der Waals surface area contributed by atoms with Crippen LogP contribution in [0.25, 0.3) is 0 Å². The van der Waals surface area contributed by atoms with E-state index in [9.17, 15) is 14.7 Å². The summed E-state index contributed by atoms with van der Waals surface area (Å²) in [5.41, 5.74) is 1.43. The van der Waals surface area contributed by atoms with E-state index in [1.54, 1.807) is 27.9 Å². The van der Waals surface area contributed by atoms with Gasteiger partial charge < -0.3 is 14.6 Å². The largest absolute Gasteiger partial charge is 0.479 e. The summed E-state index contributed by atoms with van der Waals surface area (Å²) >= 11 is 0. The first-order valence-corrected chi connectivity index (χ1v) is 8.19. The zero-order valence-electron chi connectivity index (χ0n) is 14.4. The van der Waals surface area contributed by atoms with Crippen LogP contribution in [-0.4, -0.2) is 53.5 Å². The molecule has 0 unspecified atom stereocenters. The second-order valence-corrected chi connectivity index (χ2v) is 7.23. The molecule has 6 heteroatoms. The van der Waals surface area contributed by atoms with Gasteiger partial charge in [-0.15, -0.1) is 0 Å². The topological polar surface area (TPSA) is 76.1 Å². The van der Waals surface area contributed by atoms with Gasteiger partial charge in [-0.2, -0.15) is 0 Å². The first kappa shape index (κ1) is 17.8. The van der Waals surface area contributed by atoms with E-state index < -0.39 is 23.7 Å². The predicted molar refractivity (Wildman–Crippen MR) is 85.3 cm³/mol. The van der Waals surface area contributed by atoms with Gasteiger partial charge in [-0.1, -0.05) is 5.57 Å². The maximum absolute atomic E-state index is 12.3. The molecule has 1 saturated heterocycles. The van der Waals surface area contributed by atoms with Crippen LogP contribution in [0.5, 0.6) is 0 Å². The van der Waals surface area contributed by atoms with Crippen molar-refractivity contribution in [3.05, 3.63) is 11.1 Å². The highest BCUT2D eigenvalue weighted by Gasteiger charge is 2.41. The molecule has 0 aromatic rings. The molecular weight excluding hydrogens is 298 g/mol. The van der Waals surface area contributed by atoms with Crippen molar-refractivity contribution in [2.75, 3.05) is 13.7 Å². The van der Waals surface area contributed by atoms with Crippen LogP contribution in [0.4, 0.5) is 4.79 Å². The molecule has 6 nitrogen and oxygen atoms in total. The van der Waals surface area contributed by atoms with Gasteiger partial charge in [0.05, 0.1) is 6.10 Å². The summed E-state index contributed by atoms with van der Waals surface area (Å²) in [5.74, 6) is -0.982. The lowest BCUT2D eigenvalue weighted by Crippen LogP contribution is -2.44. The van der Waals surface area contributed by atoms with Gasteiger partial charge >= 0.3 is 12.1 Å². The van der Waals surface area contributed by atoms with E-state index in [2.05, 4.69) is 0 Å². The van der Waals surface area contributed by atoms with E-state index in [1.807, 2.05) is 0 Å². The average Bonchev–Trinajstić information content (AvgIpc) is 2.90. The molecule has 2 aliphatic rings. The molecule has 0 aromatic carbocycles. The summed E-state index contributed by atoms with van der Waals surface area (Å²) in [6.07, 6.45) is 3.84. The maximum Gasteiger partial charge on any atom is 0.411 e. The van der Waals surface area contributed by atoms with Crippen molar-refractivity contribution >= 4 is 12.1 Å². The Morgan fingerprint density at radius 1 is 1.17 bits per heavy atom. The van der Waals surface area contributed by atoms with Crippen LogP contribution < -0.4 is 0 Å². The quantitative estimate of drug-likeness (QED) is 0.790. The minimum absolute atomic E-state index is 0.256. The van der Waals surface area contributed by atoms with E-state index in [1.165, 1.54) is 10.5 Å². The zero-order valence-corrected chi connectivity index (χ0v) is 14.4. The van der Waals surface area contributed by atoms with Crippen molar-refractivity contribution in [1.82, 2.24) is 4.90 Å². The standard InChI is InChI=1S/C17H27NO5/c1-17(2,3)23-16(21)18-10-9-13(14(18)15(19)20)11-5-7-12(22-4)8-6-11/h12,14H,5-10H2,1-4H3,(H,19,20)/t12?,14-/m0/s1. The molecule has 0 spiro atoms. The van der Waals surface area contributed by atoms with Crippen LogP contribution in [0.1, 0.15) is 52.9 Å². The Balaban J connectivity index is 2.17. The van der Waals surface area contributed by atoms with Crippen molar-refractivity contribution in [2.24, 2.45) is 0 Å². The molecule has 1 atom stereocenters. The van der Waals surface area contributed by atoms with Crippen molar-refractivity contribution in [2.45, 2.75) is 70.6 Å². The van der Waals surface area contributed by atoms with Crippen LogP contribution in [0.3, 0.4) is 0 Å². The number of ether oxygens (including phenoxy) is 2. The summed E-state index contributed by atoms with van der Waals surface area (Å²) < 4.78 is 10.7. The third-order valence-electron chi connectivity index (χ3n) is 4.45. The molecule has 0 radical (unpaired) electrons. The third-order valence-corrected chi connectivity index (χ3v) is 4.45. The van der Waals surface area contributed by atoms with E-state index in [0.29, 0.717) is 13.0 Å². The van der Waals surface area contributed by atoms with Crippen molar-refractivity contribution < 1.29 is 24.2 Å². The molecule has 1 N–H and O–H groups in total. The summed E-state index contributed by atoms with van der Waals surface area (Å²) in [7, 11) is 1.71. The van der Waals surface area contributed by atoms with Crippen molar-refractivity contribution in [3.8, 4) is 0 Å². The Hall–Kier alpha value is -1.56. The Morgan fingerprint density at radius 3 is 2.26 bits per heavy atom. The Labute approximate surface area is 137 Å². The molecule has 1 aliphatic heterocycles. The van der Waals surface area contributed by atoms with Crippen molar-refractivity contribution in [1.29, 1.82) is 0 Å². The number of methoxy groups -OCH3 is 1. The van der Waals surface area contributed by atoms with E-state index in [0.717, 1.165) is 31.3 Å². The van der Waals surface area contributed by atoms with Crippen LogP contribution in [0.15, 0.2) is 11.1 Å². The minimum Gasteiger partial charge on any atom is -0.479 e. The SMILES string of the molecule is COC1CCC(=C2CCN(C(=O)OC(C)(C)C)[C@@H]2C(=O)O)CC1. The highest BCUT2D eigenvalue weighted by molar-refractivity contribution is 5.84. The van der Waals surface area contributed by atoms with Gasteiger partial charge in [-0.25, -0.2) is 9.59 Å². The number of carboxylic acid groups (broad SMARTS) is 1. The summed E-state index contributed by atoms with van der Waals surface area (Å²) in [5, 5.41) is 9.62. The van der Waals surface area contributed by atoms with Gasteiger partial charge in [0.1, 0.15) is 5.60 Å². The lowest BCUT2D eigenvalue weighted by Gasteiger charge is -2.28. The number of carbonyl (C=O) groups is 2. The number of carbonyl (C=O) groups excluding carboxylic acids is 1. The summed E-state index contributed by atoms with van der Waals surface area (Å²) in [6.45, 7) is 5.74. The Morgan fingerprint density at radius 2 is 1.78 bits per heavy atom. The summed E-state index contributed by atoms with van der Waals surface area (Å²) in [6, 6.07) is -0.890. The lowest BCUT2D eigenvalue weighted by atomic mass is 9.87. The second-order valence-electron chi connectivity index (χ2n) is 7.23. The molecule has 1 heterocycles. The molecule has 1 amide bonds. The van der Waals surface area contributed by atoms with Crippen LogP contribution in [0, 0.1) is 0 Å². The molecule has 130 valence electrons. The molecule has 1 aliphatic carbocycles. The van der Waals surface area contributed by atoms with Crippen LogP contribution in [0.2, 0.25) is 0 Å². The molecule has 0 bridgehead atoms. The molecule has 2 rings (SSSR count). The fourth-order valence-electron chi connectivity index (χ4n) is 3.36. The van der Waals surface area contributed by atoms with E-state index in [4.69, 9.17) is 9.47 Å². The number of rotatable bonds is 2. The smallest absolute Gasteiger partial charge is 0.411 e. The van der Waals surface area contributed by atoms with Crippen LogP contribution in [-0.2, 0) is 14.3 Å². The number of amides is 1. The number of allylic oxidation sites excluding steroid dienone is 1. The molecule has 0 aromatic heterocycles. The number of nitrogens with zero attached hydrogens (tertiary/aromatic N) is 1. The van der Waals surface area contributed by atoms with Crippen LogP contribution >= 0.6 is 0 Å². The van der Waals surface area contributed by atoms with Gasteiger partial charge in [0.15, 0.2) is 6.04 Å². The molecular formula is C17H27NO5. The normalized spacial score (nSPS) is 25.7. The molecule has 23 heavy (non-hydrogen) atoms. The first-order chi connectivity index (χ1) is 10.7. The number of hydrogen-bond donors (Lipinski definition) is 1. The number of aliphatic carboxylic acids is 1. The number of likely N-dealkylation sites (tertiary alicyclic amines) is 1. The van der Waals surface area contributed by atoms with Gasteiger partial charge in [0, 0.05) is 13.7 Å². The monoisotopic (exact) mass is 325 g/mol. The highest BCUT2D eigenvalue weighted by atomic mass is 16.6. The minimum atomic E-state index is -0.982. The molecule has 2 fully saturated rings. The number of carboxylic acids is 1. The fourth-order valence-corrected chi connectivity index (χ4v) is 3.36. The fraction of sp³-hybridized carbons (Fsp3) is 0.765. The van der Waals surface area contributed by atoms with Gasteiger partial charge in [0.25, 0.3) is 0 Å². The zero-order chi connectivity index (χ0) is 17.2. The average molecular weight is 325 g/mol. The lowest BCUT2D eigenvalue weighted by molar-refractivity contribution is -0.140. The second kappa shape index (κ2) is 6.91. The van der Waals surface area contributed by atoms with Gasteiger partial charge in [-0.3, -0.25) is 4.90 Å².